The molecular formula is C11H12O3. The molecule has 0 saturated heterocycles. The van der Waals surface area contributed by atoms with Gasteiger partial charge in [-0.15, -0.1) is 0 Å². The highest BCUT2D eigenvalue weighted by Gasteiger charge is 2.07. The zero-order valence-corrected chi connectivity index (χ0v) is 7.84. The third-order valence-corrected chi connectivity index (χ3v) is 1.85. The zero-order chi connectivity index (χ0) is 10.6. The van der Waals surface area contributed by atoms with E-state index < -0.39 is 12.1 Å². The number of hydrogen-bond donors (Lipinski definition) is 2. The summed E-state index contributed by atoms with van der Waals surface area (Å²) in [4.78, 5) is 10.6. The monoisotopic (exact) mass is 192 g/mol. The SMILES string of the molecule is CC=CC(O)c1cccc(C(=O)O)c1. The Labute approximate surface area is 82.3 Å². The number of carbonyl (C=O) groups is 1. The molecule has 74 valence electrons. The average molecular weight is 192 g/mol. The number of benzene rings is 1. The van der Waals surface area contributed by atoms with Gasteiger partial charge in [0.05, 0.1) is 11.7 Å². The van der Waals surface area contributed by atoms with Crippen LogP contribution in [0.25, 0.3) is 0 Å². The van der Waals surface area contributed by atoms with Gasteiger partial charge in [-0.3, -0.25) is 0 Å². The Kier molecular flexibility index (Phi) is 3.42. The highest BCUT2D eigenvalue weighted by molar-refractivity contribution is 5.87. The number of carboxylic acids is 1. The van der Waals surface area contributed by atoms with Gasteiger partial charge in [-0.05, 0) is 24.6 Å². The minimum absolute atomic E-state index is 0.186. The maximum atomic E-state index is 10.6. The maximum absolute atomic E-state index is 10.6. The van der Waals surface area contributed by atoms with E-state index in [2.05, 4.69) is 0 Å². The van der Waals surface area contributed by atoms with Gasteiger partial charge >= 0.3 is 5.97 Å². The molecule has 0 aliphatic rings. The summed E-state index contributed by atoms with van der Waals surface area (Å²) in [6, 6.07) is 6.27. The topological polar surface area (TPSA) is 57.5 Å². The van der Waals surface area contributed by atoms with Crippen LogP contribution in [0.2, 0.25) is 0 Å². The van der Waals surface area contributed by atoms with Crippen molar-refractivity contribution in [3.8, 4) is 0 Å². The highest BCUT2D eigenvalue weighted by atomic mass is 16.4. The van der Waals surface area contributed by atoms with Crippen LogP contribution in [0, 0.1) is 0 Å². The largest absolute Gasteiger partial charge is 0.478 e. The van der Waals surface area contributed by atoms with Gasteiger partial charge in [-0.2, -0.15) is 0 Å². The fourth-order valence-electron chi connectivity index (χ4n) is 1.15. The Balaban J connectivity index is 2.99. The fourth-order valence-corrected chi connectivity index (χ4v) is 1.15. The normalized spacial score (nSPS) is 13.0. The predicted molar refractivity (Wildman–Crippen MR) is 53.2 cm³/mol. The number of aliphatic hydroxyl groups excluding tert-OH is 1. The van der Waals surface area contributed by atoms with Crippen LogP contribution >= 0.6 is 0 Å². The van der Waals surface area contributed by atoms with Gasteiger partial charge in [0, 0.05) is 0 Å². The summed E-state index contributed by atoms with van der Waals surface area (Å²) in [6.07, 6.45) is 2.58. The molecule has 0 aliphatic carbocycles. The van der Waals surface area contributed by atoms with Gasteiger partial charge in [0.25, 0.3) is 0 Å². The predicted octanol–water partition coefficient (Wildman–Crippen LogP) is 1.99. The Morgan fingerprint density at radius 3 is 2.79 bits per heavy atom. The fraction of sp³-hybridized carbons (Fsp3) is 0.182. The zero-order valence-electron chi connectivity index (χ0n) is 7.84. The van der Waals surface area contributed by atoms with E-state index in [1.807, 2.05) is 0 Å². The van der Waals surface area contributed by atoms with E-state index in [4.69, 9.17) is 5.11 Å². The van der Waals surface area contributed by atoms with Gasteiger partial charge in [0.2, 0.25) is 0 Å². The lowest BCUT2D eigenvalue weighted by Crippen LogP contribution is -1.99. The number of aliphatic hydroxyl groups is 1. The van der Waals surface area contributed by atoms with Gasteiger partial charge < -0.3 is 10.2 Å². The third kappa shape index (κ3) is 2.44. The molecule has 0 amide bonds. The first-order valence-corrected chi connectivity index (χ1v) is 4.29. The van der Waals surface area contributed by atoms with Crippen LogP contribution in [0.15, 0.2) is 36.4 Å². The first kappa shape index (κ1) is 10.5. The van der Waals surface area contributed by atoms with E-state index in [-0.39, 0.29) is 5.56 Å². The van der Waals surface area contributed by atoms with Crippen molar-refractivity contribution in [3.05, 3.63) is 47.5 Å². The third-order valence-electron chi connectivity index (χ3n) is 1.85. The van der Waals surface area contributed by atoms with Crippen LogP contribution in [0.3, 0.4) is 0 Å². The van der Waals surface area contributed by atoms with Crippen molar-refractivity contribution in [2.24, 2.45) is 0 Å². The molecule has 0 fully saturated rings. The molecule has 3 nitrogen and oxygen atoms in total. The number of aromatic carboxylic acids is 1. The molecule has 0 aromatic heterocycles. The summed E-state index contributed by atoms with van der Waals surface area (Å²) in [7, 11) is 0. The van der Waals surface area contributed by atoms with Crippen molar-refractivity contribution >= 4 is 5.97 Å². The maximum Gasteiger partial charge on any atom is 0.335 e. The number of hydrogen-bond acceptors (Lipinski definition) is 2. The molecule has 0 saturated carbocycles. The minimum atomic E-state index is -0.987. The Morgan fingerprint density at radius 2 is 2.21 bits per heavy atom. The first-order chi connectivity index (χ1) is 6.65. The number of carboxylic acid groups (broad SMARTS) is 1. The molecule has 1 aromatic carbocycles. The highest BCUT2D eigenvalue weighted by Crippen LogP contribution is 2.15. The number of allylic oxidation sites excluding steroid dienone is 1. The Hall–Kier alpha value is -1.61. The molecule has 1 aromatic rings. The molecule has 2 N–H and O–H groups in total. The van der Waals surface area contributed by atoms with E-state index in [1.165, 1.54) is 12.1 Å². The average Bonchev–Trinajstić information content (AvgIpc) is 2.18. The summed E-state index contributed by atoms with van der Waals surface area (Å²) in [5.74, 6) is -0.987. The molecular weight excluding hydrogens is 180 g/mol. The molecule has 1 atom stereocenters. The van der Waals surface area contributed by atoms with Gasteiger partial charge in [0.1, 0.15) is 0 Å². The second kappa shape index (κ2) is 4.58. The summed E-state index contributed by atoms with van der Waals surface area (Å²) in [5, 5.41) is 18.3. The molecule has 0 heterocycles. The molecule has 0 bridgehead atoms. The molecule has 1 rings (SSSR count). The van der Waals surface area contributed by atoms with Crippen molar-refractivity contribution in [2.45, 2.75) is 13.0 Å². The minimum Gasteiger partial charge on any atom is -0.478 e. The molecule has 14 heavy (non-hydrogen) atoms. The van der Waals surface area contributed by atoms with Crippen molar-refractivity contribution in [3.63, 3.8) is 0 Å². The number of rotatable bonds is 3. The standard InChI is InChI=1S/C11H12O3/c1-2-4-10(12)8-5-3-6-9(7-8)11(13)14/h2-7,10,12H,1H3,(H,13,14). The van der Waals surface area contributed by atoms with Gasteiger partial charge in [-0.1, -0.05) is 24.3 Å². The summed E-state index contributed by atoms with van der Waals surface area (Å²) in [5.41, 5.74) is 0.772. The van der Waals surface area contributed by atoms with Crippen molar-refractivity contribution in [1.82, 2.24) is 0 Å². The van der Waals surface area contributed by atoms with E-state index in [0.717, 1.165) is 0 Å². The lowest BCUT2D eigenvalue weighted by atomic mass is 10.1. The molecule has 3 heteroatoms. The lowest BCUT2D eigenvalue weighted by Gasteiger charge is -2.06. The van der Waals surface area contributed by atoms with E-state index in [0.29, 0.717) is 5.56 Å². The van der Waals surface area contributed by atoms with E-state index >= 15 is 0 Å². The van der Waals surface area contributed by atoms with E-state index in [9.17, 15) is 9.90 Å². The smallest absolute Gasteiger partial charge is 0.335 e. The molecule has 0 radical (unpaired) electrons. The van der Waals surface area contributed by atoms with Gasteiger partial charge in [-0.25, -0.2) is 4.79 Å². The summed E-state index contributed by atoms with van der Waals surface area (Å²) >= 11 is 0. The molecule has 0 spiro atoms. The Morgan fingerprint density at radius 1 is 1.50 bits per heavy atom. The van der Waals surface area contributed by atoms with Crippen LogP contribution in [-0.4, -0.2) is 16.2 Å². The lowest BCUT2D eigenvalue weighted by molar-refractivity contribution is 0.0696. The van der Waals surface area contributed by atoms with Crippen LogP contribution in [0.4, 0.5) is 0 Å². The van der Waals surface area contributed by atoms with Crippen LogP contribution < -0.4 is 0 Å². The second-order valence-electron chi connectivity index (χ2n) is 2.90. The summed E-state index contributed by atoms with van der Waals surface area (Å²) < 4.78 is 0. The first-order valence-electron chi connectivity index (χ1n) is 4.29. The van der Waals surface area contributed by atoms with E-state index in [1.54, 1.807) is 31.2 Å². The van der Waals surface area contributed by atoms with Crippen LogP contribution in [-0.2, 0) is 0 Å². The quantitative estimate of drug-likeness (QED) is 0.720. The van der Waals surface area contributed by atoms with Crippen LogP contribution in [0.1, 0.15) is 28.9 Å². The van der Waals surface area contributed by atoms with Crippen molar-refractivity contribution in [1.29, 1.82) is 0 Å². The summed E-state index contributed by atoms with van der Waals surface area (Å²) in [6.45, 7) is 1.80. The van der Waals surface area contributed by atoms with Crippen molar-refractivity contribution < 1.29 is 15.0 Å². The van der Waals surface area contributed by atoms with Crippen molar-refractivity contribution in [2.75, 3.05) is 0 Å². The van der Waals surface area contributed by atoms with Crippen LogP contribution in [0.5, 0.6) is 0 Å². The second-order valence-corrected chi connectivity index (χ2v) is 2.90. The molecule has 0 aliphatic heterocycles. The Bertz CT molecular complexity index is 355. The van der Waals surface area contributed by atoms with Gasteiger partial charge in [0.15, 0.2) is 0 Å². The molecule has 1 unspecified atom stereocenters.